The van der Waals surface area contributed by atoms with Crippen molar-refractivity contribution in [3.8, 4) is 33.4 Å². The van der Waals surface area contributed by atoms with Crippen molar-refractivity contribution in [1.29, 1.82) is 0 Å². The molecule has 11 aromatic rings. The van der Waals surface area contributed by atoms with Gasteiger partial charge in [0.15, 0.2) is 0 Å². The van der Waals surface area contributed by atoms with E-state index in [1.807, 2.05) is 30.3 Å². The number of hydrogen-bond donors (Lipinski definition) is 0. The quantitative estimate of drug-likeness (QED) is 0.160. The zero-order chi connectivity index (χ0) is 36.2. The summed E-state index contributed by atoms with van der Waals surface area (Å²) in [6, 6.07) is 60.6. The van der Waals surface area contributed by atoms with Crippen molar-refractivity contribution in [2.75, 3.05) is 0 Å². The van der Waals surface area contributed by atoms with Gasteiger partial charge < -0.3 is 0 Å². The Bertz CT molecular complexity index is 3670. The highest BCUT2D eigenvalue weighted by Gasteiger charge is 2.52. The molecule has 2 aliphatic rings. The zero-order valence-electron chi connectivity index (χ0n) is 29.4. The van der Waals surface area contributed by atoms with Gasteiger partial charge in [0, 0.05) is 0 Å². The third-order valence-corrected chi connectivity index (χ3v) is 12.7. The maximum atomic E-state index is 13.7. The molecule has 0 N–H and O–H groups in total. The molecule has 1 atom stereocenters. The van der Waals surface area contributed by atoms with E-state index in [0.717, 1.165) is 22.2 Å². The van der Waals surface area contributed by atoms with Crippen molar-refractivity contribution >= 4 is 54.1 Å². The molecule has 0 amide bonds. The van der Waals surface area contributed by atoms with E-state index in [9.17, 15) is 9.59 Å². The standard InChI is InChI=1S/C51H28N2O2/c54-49-37-18-7-10-23-46(37)52-47-26-29(24-25-38(47)50(55)53(49)52)30-19-11-22-44-48(30)36-17-6-9-21-43(36)51(44)42-20-8-5-16-35(42)41-27-39-33-14-3-1-12-31(33)32-13-2-4-15-34(32)40(39)28-45(41)51/h1-28H. The lowest BCUT2D eigenvalue weighted by atomic mass is 9.70. The molecule has 0 bridgehead atoms. The van der Waals surface area contributed by atoms with Crippen molar-refractivity contribution in [2.24, 2.45) is 0 Å². The lowest BCUT2D eigenvalue weighted by Crippen LogP contribution is -2.25. The molecule has 13 rings (SSSR count). The van der Waals surface area contributed by atoms with Gasteiger partial charge in [-0.25, -0.2) is 4.52 Å². The van der Waals surface area contributed by atoms with Crippen LogP contribution in [0.1, 0.15) is 22.3 Å². The molecule has 4 heteroatoms. The van der Waals surface area contributed by atoms with Crippen LogP contribution < -0.4 is 11.1 Å². The topological polar surface area (TPSA) is 43.0 Å². The third kappa shape index (κ3) is 3.36. The molecule has 2 aromatic heterocycles. The number of hydrogen-bond acceptors (Lipinski definition) is 2. The van der Waals surface area contributed by atoms with Gasteiger partial charge >= 0.3 is 0 Å². The summed E-state index contributed by atoms with van der Waals surface area (Å²) in [7, 11) is 0. The van der Waals surface area contributed by atoms with Crippen LogP contribution in [0.25, 0.3) is 87.5 Å². The second-order valence-corrected chi connectivity index (χ2v) is 15.1. The summed E-state index contributed by atoms with van der Waals surface area (Å²) in [5.74, 6) is 0. The van der Waals surface area contributed by atoms with Gasteiger partial charge in [0.1, 0.15) is 0 Å². The van der Waals surface area contributed by atoms with Crippen LogP contribution in [0.3, 0.4) is 0 Å². The summed E-state index contributed by atoms with van der Waals surface area (Å²) in [6.45, 7) is 0. The molecule has 0 aliphatic heterocycles. The first-order valence-electron chi connectivity index (χ1n) is 18.8. The lowest BCUT2D eigenvalue weighted by Gasteiger charge is -2.31. The van der Waals surface area contributed by atoms with Crippen LogP contribution in [-0.4, -0.2) is 9.03 Å². The second kappa shape index (κ2) is 10.0. The maximum absolute atomic E-state index is 13.7. The highest BCUT2D eigenvalue weighted by molar-refractivity contribution is 6.26. The van der Waals surface area contributed by atoms with Gasteiger partial charge in [0.05, 0.1) is 27.2 Å². The van der Waals surface area contributed by atoms with Crippen molar-refractivity contribution in [3.63, 3.8) is 0 Å². The van der Waals surface area contributed by atoms with Crippen LogP contribution in [0.4, 0.5) is 0 Å². The molecule has 9 aromatic carbocycles. The first kappa shape index (κ1) is 29.2. The van der Waals surface area contributed by atoms with Gasteiger partial charge in [-0.05, 0) is 124 Å². The summed E-state index contributed by atoms with van der Waals surface area (Å²) in [5, 5.41) is 8.65. The SMILES string of the molecule is O=c1c2ccccc2n2c3cc(-c4cccc5c4-c4ccccc4C54c5ccccc5-c5cc6c7ccccc7c7ccccc7c6cc54)ccc3c(=O)n12. The minimum atomic E-state index is -0.543. The molecule has 254 valence electrons. The Kier molecular flexibility index (Phi) is 5.31. The summed E-state index contributed by atoms with van der Waals surface area (Å²) in [5.41, 5.74) is 12.5. The number of nitrogens with zero attached hydrogens (tertiary/aromatic N) is 2. The minimum absolute atomic E-state index is 0.290. The number of aromatic nitrogens is 2. The third-order valence-electron chi connectivity index (χ3n) is 12.7. The number of benzene rings is 9. The Morgan fingerprint density at radius 3 is 1.58 bits per heavy atom. The highest BCUT2D eigenvalue weighted by atomic mass is 16.2. The monoisotopic (exact) mass is 700 g/mol. The van der Waals surface area contributed by atoms with Gasteiger partial charge in [-0.1, -0.05) is 133 Å². The fourth-order valence-electron chi connectivity index (χ4n) is 10.6. The molecule has 0 saturated heterocycles. The van der Waals surface area contributed by atoms with E-state index in [1.54, 1.807) is 10.6 Å². The van der Waals surface area contributed by atoms with Gasteiger partial charge in [0.25, 0.3) is 11.1 Å². The molecular formula is C51H28N2O2. The van der Waals surface area contributed by atoms with Crippen LogP contribution >= 0.6 is 0 Å². The smallest absolute Gasteiger partial charge is 0.267 e. The molecule has 0 radical (unpaired) electrons. The van der Waals surface area contributed by atoms with Crippen molar-refractivity contribution in [3.05, 3.63) is 213 Å². The van der Waals surface area contributed by atoms with Crippen LogP contribution in [0.2, 0.25) is 0 Å². The van der Waals surface area contributed by atoms with Gasteiger partial charge in [0.2, 0.25) is 0 Å². The summed E-state index contributed by atoms with van der Waals surface area (Å²) >= 11 is 0. The van der Waals surface area contributed by atoms with E-state index in [4.69, 9.17) is 0 Å². The van der Waals surface area contributed by atoms with Crippen molar-refractivity contribution in [1.82, 2.24) is 9.03 Å². The maximum Gasteiger partial charge on any atom is 0.282 e. The Balaban J connectivity index is 1.15. The van der Waals surface area contributed by atoms with E-state index in [1.165, 1.54) is 81.3 Å². The average molecular weight is 701 g/mol. The van der Waals surface area contributed by atoms with E-state index >= 15 is 0 Å². The van der Waals surface area contributed by atoms with E-state index < -0.39 is 5.41 Å². The van der Waals surface area contributed by atoms with Crippen LogP contribution in [0.15, 0.2) is 179 Å². The highest BCUT2D eigenvalue weighted by Crippen LogP contribution is 2.64. The van der Waals surface area contributed by atoms with Crippen molar-refractivity contribution in [2.45, 2.75) is 5.41 Å². The summed E-state index contributed by atoms with van der Waals surface area (Å²) < 4.78 is 3.07. The van der Waals surface area contributed by atoms with Gasteiger partial charge in [-0.3, -0.25) is 9.59 Å². The first-order chi connectivity index (χ1) is 27.1. The predicted molar refractivity (Wildman–Crippen MR) is 224 cm³/mol. The van der Waals surface area contributed by atoms with E-state index in [-0.39, 0.29) is 11.1 Å². The Labute approximate surface area is 313 Å². The fraction of sp³-hybridized carbons (Fsp3) is 0.0196. The Hall–Kier alpha value is -7.30. The molecule has 2 aliphatic carbocycles. The molecule has 1 unspecified atom stereocenters. The van der Waals surface area contributed by atoms with Gasteiger partial charge in [-0.15, -0.1) is 0 Å². The van der Waals surface area contributed by atoms with Gasteiger partial charge in [-0.2, -0.15) is 4.52 Å². The molecule has 4 nitrogen and oxygen atoms in total. The fourth-order valence-corrected chi connectivity index (χ4v) is 10.6. The molecule has 55 heavy (non-hydrogen) atoms. The number of para-hydroxylation sites is 1. The molecule has 1 spiro atoms. The Morgan fingerprint density at radius 2 is 0.855 bits per heavy atom. The summed E-state index contributed by atoms with van der Waals surface area (Å²) in [4.78, 5) is 27.1. The minimum Gasteiger partial charge on any atom is -0.267 e. The normalized spacial score (nSPS) is 15.5. The number of rotatable bonds is 1. The Morgan fingerprint density at radius 1 is 0.327 bits per heavy atom. The summed E-state index contributed by atoms with van der Waals surface area (Å²) in [6.07, 6.45) is 0. The van der Waals surface area contributed by atoms with Crippen molar-refractivity contribution < 1.29 is 0 Å². The zero-order valence-corrected chi connectivity index (χ0v) is 29.4. The number of fused-ring (bicyclic) bond motifs is 21. The average Bonchev–Trinajstić information content (AvgIpc) is 3.92. The molecule has 2 heterocycles. The molecule has 0 fully saturated rings. The molecular weight excluding hydrogens is 673 g/mol. The van der Waals surface area contributed by atoms with E-state index in [2.05, 4.69) is 133 Å². The molecule has 0 saturated carbocycles. The first-order valence-corrected chi connectivity index (χ1v) is 18.8. The van der Waals surface area contributed by atoms with Crippen LogP contribution in [-0.2, 0) is 5.41 Å². The van der Waals surface area contributed by atoms with Crippen LogP contribution in [0.5, 0.6) is 0 Å². The van der Waals surface area contributed by atoms with E-state index in [0.29, 0.717) is 10.8 Å². The lowest BCUT2D eigenvalue weighted by molar-refractivity contribution is 0.795. The predicted octanol–water partition coefficient (Wildman–Crippen LogP) is 11.0. The second-order valence-electron chi connectivity index (χ2n) is 15.1. The van der Waals surface area contributed by atoms with Crippen LogP contribution in [0, 0.1) is 0 Å². The largest absolute Gasteiger partial charge is 0.282 e.